The zero-order chi connectivity index (χ0) is 21.2. The highest BCUT2D eigenvalue weighted by atomic mass is 35.5. The molecule has 2 aromatic rings. The normalized spacial score (nSPS) is 10.3. The van der Waals surface area contributed by atoms with Crippen molar-refractivity contribution in [3.05, 3.63) is 52.5 Å². The maximum absolute atomic E-state index is 12.1. The molecule has 0 spiro atoms. The summed E-state index contributed by atoms with van der Waals surface area (Å²) in [6.45, 7) is 4.10. The largest absolute Gasteiger partial charge is 0.493 e. The molecule has 1 N–H and O–H groups in total. The SMILES string of the molecule is CCOc1c(Cl)cc(CNC(=O)COc2ccc(CCC(C)=O)cc2)cc1OC. The summed E-state index contributed by atoms with van der Waals surface area (Å²) in [5.74, 6) is 1.51. The lowest BCUT2D eigenvalue weighted by molar-refractivity contribution is -0.123. The first-order chi connectivity index (χ1) is 13.9. The third-order valence-electron chi connectivity index (χ3n) is 4.13. The minimum atomic E-state index is -0.255. The van der Waals surface area contributed by atoms with E-state index >= 15 is 0 Å². The lowest BCUT2D eigenvalue weighted by atomic mass is 10.1. The summed E-state index contributed by atoms with van der Waals surface area (Å²) < 4.78 is 16.3. The highest BCUT2D eigenvalue weighted by Gasteiger charge is 2.12. The lowest BCUT2D eigenvalue weighted by Crippen LogP contribution is -2.28. The van der Waals surface area contributed by atoms with Crippen molar-refractivity contribution in [2.45, 2.75) is 33.2 Å². The van der Waals surface area contributed by atoms with Gasteiger partial charge in [0, 0.05) is 13.0 Å². The second-order valence-electron chi connectivity index (χ2n) is 6.45. The molecule has 29 heavy (non-hydrogen) atoms. The highest BCUT2D eigenvalue weighted by Crippen LogP contribution is 2.36. The summed E-state index contributed by atoms with van der Waals surface area (Å²) in [5.41, 5.74) is 1.84. The Morgan fingerprint density at radius 1 is 1.07 bits per heavy atom. The van der Waals surface area contributed by atoms with Crippen molar-refractivity contribution in [1.29, 1.82) is 0 Å². The topological polar surface area (TPSA) is 73.9 Å². The first-order valence-electron chi connectivity index (χ1n) is 9.40. The number of benzene rings is 2. The smallest absolute Gasteiger partial charge is 0.258 e. The van der Waals surface area contributed by atoms with E-state index in [0.29, 0.717) is 41.7 Å². The van der Waals surface area contributed by atoms with E-state index in [1.54, 1.807) is 31.2 Å². The number of amides is 1. The van der Waals surface area contributed by atoms with E-state index in [1.165, 1.54) is 7.11 Å². The summed E-state index contributed by atoms with van der Waals surface area (Å²) in [6.07, 6.45) is 1.22. The van der Waals surface area contributed by atoms with Gasteiger partial charge in [0.05, 0.1) is 18.7 Å². The van der Waals surface area contributed by atoms with Gasteiger partial charge < -0.3 is 24.3 Å². The molecule has 0 aliphatic carbocycles. The molecule has 0 aromatic heterocycles. The van der Waals surface area contributed by atoms with Crippen LogP contribution in [0.1, 0.15) is 31.4 Å². The lowest BCUT2D eigenvalue weighted by Gasteiger charge is -2.13. The molecule has 0 aliphatic heterocycles. The number of halogens is 1. The quantitative estimate of drug-likeness (QED) is 0.596. The second kappa shape index (κ2) is 11.3. The maximum Gasteiger partial charge on any atom is 0.258 e. The molecule has 0 heterocycles. The zero-order valence-corrected chi connectivity index (χ0v) is 17.7. The molecule has 156 valence electrons. The number of hydrogen-bond acceptors (Lipinski definition) is 5. The van der Waals surface area contributed by atoms with Gasteiger partial charge in [0.25, 0.3) is 5.91 Å². The fraction of sp³-hybridized carbons (Fsp3) is 0.364. The van der Waals surface area contributed by atoms with Crippen LogP contribution in [0.3, 0.4) is 0 Å². The van der Waals surface area contributed by atoms with Crippen LogP contribution in [0.25, 0.3) is 0 Å². The van der Waals surface area contributed by atoms with Crippen LogP contribution in [0.2, 0.25) is 5.02 Å². The van der Waals surface area contributed by atoms with Gasteiger partial charge in [0.15, 0.2) is 18.1 Å². The molecular formula is C22H26ClNO5. The number of carbonyl (C=O) groups excluding carboxylic acids is 2. The van der Waals surface area contributed by atoms with Crippen LogP contribution in [-0.2, 0) is 22.6 Å². The third-order valence-corrected chi connectivity index (χ3v) is 4.41. The first-order valence-corrected chi connectivity index (χ1v) is 9.77. The van der Waals surface area contributed by atoms with Crippen LogP contribution in [0.15, 0.2) is 36.4 Å². The summed E-state index contributed by atoms with van der Waals surface area (Å²) in [4.78, 5) is 23.1. The number of ketones is 1. The van der Waals surface area contributed by atoms with Crippen molar-refractivity contribution >= 4 is 23.3 Å². The molecule has 1 amide bonds. The molecular weight excluding hydrogens is 394 g/mol. The highest BCUT2D eigenvalue weighted by molar-refractivity contribution is 6.32. The van der Waals surface area contributed by atoms with Crippen LogP contribution in [0, 0.1) is 0 Å². The van der Waals surface area contributed by atoms with Gasteiger partial charge in [-0.3, -0.25) is 4.79 Å². The molecule has 0 bridgehead atoms. The van der Waals surface area contributed by atoms with Crippen molar-refractivity contribution in [2.75, 3.05) is 20.3 Å². The Bertz CT molecular complexity index is 836. The number of nitrogens with one attached hydrogen (secondary N) is 1. The van der Waals surface area contributed by atoms with Gasteiger partial charge in [-0.15, -0.1) is 0 Å². The van der Waals surface area contributed by atoms with Crippen LogP contribution in [0.4, 0.5) is 0 Å². The number of aryl methyl sites for hydroxylation is 1. The van der Waals surface area contributed by atoms with Gasteiger partial charge in [-0.2, -0.15) is 0 Å². The summed E-state index contributed by atoms with van der Waals surface area (Å²) in [6, 6.07) is 10.9. The fourth-order valence-electron chi connectivity index (χ4n) is 2.63. The van der Waals surface area contributed by atoms with Gasteiger partial charge in [-0.1, -0.05) is 23.7 Å². The van der Waals surface area contributed by atoms with Crippen molar-refractivity contribution in [1.82, 2.24) is 5.32 Å². The molecule has 2 rings (SSSR count). The molecule has 0 saturated carbocycles. The van der Waals surface area contributed by atoms with Gasteiger partial charge >= 0.3 is 0 Å². The molecule has 0 radical (unpaired) electrons. The van der Waals surface area contributed by atoms with Crippen molar-refractivity contribution in [3.63, 3.8) is 0 Å². The Hall–Kier alpha value is -2.73. The summed E-state index contributed by atoms with van der Waals surface area (Å²) in [7, 11) is 1.54. The summed E-state index contributed by atoms with van der Waals surface area (Å²) >= 11 is 6.24. The van der Waals surface area contributed by atoms with E-state index in [0.717, 1.165) is 11.1 Å². The number of ether oxygens (including phenoxy) is 3. The number of hydrogen-bond donors (Lipinski definition) is 1. The number of methoxy groups -OCH3 is 1. The Labute approximate surface area is 176 Å². The average molecular weight is 420 g/mol. The minimum absolute atomic E-state index is 0.102. The number of rotatable bonds is 11. The molecule has 2 aromatic carbocycles. The van der Waals surface area contributed by atoms with Gasteiger partial charge in [-0.25, -0.2) is 0 Å². The zero-order valence-electron chi connectivity index (χ0n) is 16.9. The Morgan fingerprint density at radius 3 is 2.41 bits per heavy atom. The Kier molecular flexibility index (Phi) is 8.80. The fourth-order valence-corrected chi connectivity index (χ4v) is 2.92. The monoisotopic (exact) mass is 419 g/mol. The average Bonchev–Trinajstić information content (AvgIpc) is 2.71. The van der Waals surface area contributed by atoms with Crippen molar-refractivity contribution in [2.24, 2.45) is 0 Å². The maximum atomic E-state index is 12.1. The Morgan fingerprint density at radius 2 is 1.79 bits per heavy atom. The van der Waals surface area contributed by atoms with E-state index in [-0.39, 0.29) is 24.8 Å². The molecule has 0 saturated heterocycles. The molecule has 6 nitrogen and oxygen atoms in total. The van der Waals surface area contributed by atoms with E-state index in [4.69, 9.17) is 25.8 Å². The molecule has 0 fully saturated rings. The van der Waals surface area contributed by atoms with Crippen LogP contribution in [-0.4, -0.2) is 32.0 Å². The van der Waals surface area contributed by atoms with Crippen LogP contribution in [0.5, 0.6) is 17.2 Å². The second-order valence-corrected chi connectivity index (χ2v) is 6.86. The van der Waals surface area contributed by atoms with Gasteiger partial charge in [-0.05, 0) is 55.7 Å². The molecule has 0 aliphatic rings. The van der Waals surface area contributed by atoms with Gasteiger partial charge in [0.1, 0.15) is 11.5 Å². The molecule has 0 unspecified atom stereocenters. The first kappa shape index (κ1) is 22.6. The number of Topliss-reactive ketones (excluding diaryl/α,β-unsaturated/α-hetero) is 1. The standard InChI is InChI=1S/C22H26ClNO5/c1-4-28-22-19(23)11-17(12-20(22)27-3)13-24-21(26)14-29-18-9-7-16(8-10-18)6-5-15(2)25/h7-12H,4-6,13-14H2,1-3H3,(H,24,26). The van der Waals surface area contributed by atoms with E-state index < -0.39 is 0 Å². The van der Waals surface area contributed by atoms with Crippen molar-refractivity contribution < 1.29 is 23.8 Å². The molecule has 0 atom stereocenters. The van der Waals surface area contributed by atoms with Crippen LogP contribution < -0.4 is 19.5 Å². The van der Waals surface area contributed by atoms with Gasteiger partial charge in [0.2, 0.25) is 0 Å². The predicted octanol–water partition coefficient (Wildman–Crippen LogP) is 3.96. The van der Waals surface area contributed by atoms with Crippen molar-refractivity contribution in [3.8, 4) is 17.2 Å². The van der Waals surface area contributed by atoms with Crippen LogP contribution >= 0.6 is 11.6 Å². The Balaban J connectivity index is 1.84. The molecule has 7 heteroatoms. The van der Waals surface area contributed by atoms with E-state index in [2.05, 4.69) is 5.32 Å². The summed E-state index contributed by atoms with van der Waals surface area (Å²) in [5, 5.41) is 3.21. The number of carbonyl (C=O) groups is 2. The minimum Gasteiger partial charge on any atom is -0.493 e. The predicted molar refractivity (Wildman–Crippen MR) is 112 cm³/mol. The third kappa shape index (κ3) is 7.31. The van der Waals surface area contributed by atoms with E-state index in [1.807, 2.05) is 19.1 Å². The van der Waals surface area contributed by atoms with E-state index in [9.17, 15) is 9.59 Å².